The second-order valence-electron chi connectivity index (χ2n) is 25.6. The monoisotopic (exact) mass is 1350 g/mol. The average molecular weight is 1350 g/mol. The molecule has 0 aromatic rings. The Morgan fingerprint density at radius 2 is 0.500 bits per heavy atom. The number of phosphoric acid groups is 2. The summed E-state index contributed by atoms with van der Waals surface area (Å²) >= 11 is 0. The van der Waals surface area contributed by atoms with Crippen molar-refractivity contribution in [2.45, 2.75) is 380 Å². The van der Waals surface area contributed by atoms with Gasteiger partial charge in [-0.25, -0.2) is 9.13 Å². The van der Waals surface area contributed by atoms with Crippen molar-refractivity contribution in [2.24, 2.45) is 0 Å². The molecule has 4 atom stereocenters. The SMILES string of the molecule is CCCCCC/C=C\CCCCCCCC(=O)OCC(COP(=O)(O)OCC(O)COP(=O)(O)OCC(COC(=O)CCCCCCC/C=C\CCCCCC)OC(=O)CCCCCCCCCCCCCCC)OC(=O)CCCCCCCCCCCCCCC. The van der Waals surface area contributed by atoms with E-state index in [0.717, 1.165) is 128 Å². The molecular weight excluding hydrogens is 1210 g/mol. The van der Waals surface area contributed by atoms with Crippen molar-refractivity contribution in [1.29, 1.82) is 0 Å². The van der Waals surface area contributed by atoms with Crippen molar-refractivity contribution >= 4 is 39.5 Å². The van der Waals surface area contributed by atoms with Crippen LogP contribution in [-0.4, -0.2) is 96.7 Å². The molecule has 17 nitrogen and oxygen atoms in total. The molecule has 19 heteroatoms. The van der Waals surface area contributed by atoms with Gasteiger partial charge in [0.05, 0.1) is 26.4 Å². The summed E-state index contributed by atoms with van der Waals surface area (Å²) in [5, 5.41) is 10.6. The number of unbranched alkanes of at least 4 members (excludes halogenated alkanes) is 42. The number of aliphatic hydroxyl groups is 1. The Labute approximate surface area is 561 Å². The Morgan fingerprint density at radius 3 is 0.761 bits per heavy atom. The lowest BCUT2D eigenvalue weighted by molar-refractivity contribution is -0.161. The van der Waals surface area contributed by atoms with E-state index >= 15 is 0 Å². The lowest BCUT2D eigenvalue weighted by Crippen LogP contribution is -2.30. The van der Waals surface area contributed by atoms with Crippen LogP contribution in [0.4, 0.5) is 0 Å². The van der Waals surface area contributed by atoms with E-state index < -0.39 is 97.5 Å². The number of aliphatic hydroxyl groups excluding tert-OH is 1. The number of carbonyl (C=O) groups is 4. The molecule has 542 valence electrons. The van der Waals surface area contributed by atoms with Crippen molar-refractivity contribution in [3.63, 3.8) is 0 Å². The first-order valence-electron chi connectivity index (χ1n) is 37.6. The minimum atomic E-state index is -4.96. The van der Waals surface area contributed by atoms with Crippen molar-refractivity contribution in [3.05, 3.63) is 24.3 Å². The minimum Gasteiger partial charge on any atom is -0.462 e. The number of ether oxygens (including phenoxy) is 4. The maximum atomic E-state index is 13.0. The number of allylic oxidation sites excluding steroid dienone is 4. The Balaban J connectivity index is 5.29. The van der Waals surface area contributed by atoms with E-state index in [-0.39, 0.29) is 25.7 Å². The molecule has 4 unspecified atom stereocenters. The standard InChI is InChI=1S/C73H138O17P2/c1-5-9-13-17-21-25-29-33-37-41-45-49-53-57-70(75)83-63-68(89-72(77)59-55-51-47-43-39-35-31-27-23-19-15-11-7-3)65-87-91(79,80)85-61-67(74)62-86-92(81,82)88-66-69(90-73(78)60-56-52-48-44-40-36-32-28-24-20-16-12-8-4)64-84-71(76)58-54-50-46-42-38-34-30-26-22-18-14-10-6-2/h25-26,29-30,67-69,74H,5-24,27-28,31-66H2,1-4H3,(H,79,80)(H,81,82)/b29-25-,30-26-. The largest absolute Gasteiger partial charge is 0.472 e. The summed E-state index contributed by atoms with van der Waals surface area (Å²) in [4.78, 5) is 72.7. The molecule has 0 heterocycles. The van der Waals surface area contributed by atoms with Crippen molar-refractivity contribution in [2.75, 3.05) is 39.6 Å². The third kappa shape index (κ3) is 66.2. The third-order valence-electron chi connectivity index (χ3n) is 16.4. The fraction of sp³-hybridized carbons (Fsp3) is 0.890. The van der Waals surface area contributed by atoms with Crippen LogP contribution in [0.15, 0.2) is 24.3 Å². The van der Waals surface area contributed by atoms with Crippen LogP contribution in [0.25, 0.3) is 0 Å². The van der Waals surface area contributed by atoms with Crippen molar-refractivity contribution < 1.29 is 80.2 Å². The van der Waals surface area contributed by atoms with Gasteiger partial charge in [-0.2, -0.15) is 0 Å². The number of phosphoric ester groups is 2. The van der Waals surface area contributed by atoms with E-state index in [0.29, 0.717) is 25.7 Å². The van der Waals surface area contributed by atoms with Crippen LogP contribution in [0.5, 0.6) is 0 Å². The average Bonchev–Trinajstić information content (AvgIpc) is 3.63. The highest BCUT2D eigenvalue weighted by atomic mass is 31.2. The topological polar surface area (TPSA) is 237 Å². The van der Waals surface area contributed by atoms with Gasteiger partial charge in [-0.05, 0) is 77.0 Å². The van der Waals surface area contributed by atoms with E-state index in [2.05, 4.69) is 52.0 Å². The molecule has 92 heavy (non-hydrogen) atoms. The highest BCUT2D eigenvalue weighted by Gasteiger charge is 2.30. The molecule has 0 aliphatic heterocycles. The fourth-order valence-electron chi connectivity index (χ4n) is 10.6. The number of carbonyl (C=O) groups excluding carboxylic acids is 4. The molecule has 0 fully saturated rings. The summed E-state index contributed by atoms with van der Waals surface area (Å²) in [5.41, 5.74) is 0. The first kappa shape index (κ1) is 89.5. The van der Waals surface area contributed by atoms with Crippen LogP contribution < -0.4 is 0 Å². The van der Waals surface area contributed by atoms with E-state index in [1.54, 1.807) is 0 Å². The van der Waals surface area contributed by atoms with Gasteiger partial charge in [0, 0.05) is 25.7 Å². The van der Waals surface area contributed by atoms with Gasteiger partial charge in [0.25, 0.3) is 0 Å². The van der Waals surface area contributed by atoms with Gasteiger partial charge in [-0.1, -0.05) is 283 Å². The minimum absolute atomic E-state index is 0.103. The van der Waals surface area contributed by atoms with Gasteiger partial charge >= 0.3 is 39.5 Å². The highest BCUT2D eigenvalue weighted by molar-refractivity contribution is 7.47. The normalized spacial score (nSPS) is 14.1. The molecule has 0 aliphatic carbocycles. The molecule has 0 amide bonds. The summed E-state index contributed by atoms with van der Waals surface area (Å²) in [6, 6.07) is 0. The lowest BCUT2D eigenvalue weighted by atomic mass is 10.0. The molecule has 0 aromatic heterocycles. The number of rotatable bonds is 72. The summed E-state index contributed by atoms with van der Waals surface area (Å²) in [5.74, 6) is -2.15. The Hall–Kier alpha value is -2.46. The molecule has 0 saturated carbocycles. The highest BCUT2D eigenvalue weighted by Crippen LogP contribution is 2.45. The first-order chi connectivity index (χ1) is 44.7. The zero-order chi connectivity index (χ0) is 67.5. The maximum absolute atomic E-state index is 13.0. The third-order valence-corrected chi connectivity index (χ3v) is 18.3. The summed E-state index contributed by atoms with van der Waals surface area (Å²) in [6.07, 6.45) is 58.8. The van der Waals surface area contributed by atoms with Crippen LogP contribution in [0.1, 0.15) is 362 Å². The molecule has 0 spiro atoms. The van der Waals surface area contributed by atoms with Crippen LogP contribution in [-0.2, 0) is 65.4 Å². The van der Waals surface area contributed by atoms with Crippen LogP contribution in [0.2, 0.25) is 0 Å². The molecule has 0 radical (unpaired) electrons. The second-order valence-corrected chi connectivity index (χ2v) is 28.5. The predicted molar refractivity (Wildman–Crippen MR) is 372 cm³/mol. The van der Waals surface area contributed by atoms with E-state index in [9.17, 15) is 43.2 Å². The Bertz CT molecular complexity index is 1720. The Morgan fingerprint density at radius 1 is 0.293 bits per heavy atom. The van der Waals surface area contributed by atoms with Gasteiger partial charge in [-0.15, -0.1) is 0 Å². The number of hydrogen-bond donors (Lipinski definition) is 3. The predicted octanol–water partition coefficient (Wildman–Crippen LogP) is 21.0. The van der Waals surface area contributed by atoms with Gasteiger partial charge < -0.3 is 33.8 Å². The number of esters is 4. The van der Waals surface area contributed by atoms with Crippen LogP contribution >= 0.6 is 15.6 Å². The van der Waals surface area contributed by atoms with Gasteiger partial charge in [0.1, 0.15) is 19.3 Å². The smallest absolute Gasteiger partial charge is 0.462 e. The zero-order valence-electron chi connectivity index (χ0n) is 59.0. The van der Waals surface area contributed by atoms with Crippen molar-refractivity contribution in [1.82, 2.24) is 0 Å². The summed E-state index contributed by atoms with van der Waals surface area (Å²) < 4.78 is 68.4. The number of hydrogen-bond acceptors (Lipinski definition) is 15. The van der Waals surface area contributed by atoms with Crippen molar-refractivity contribution in [3.8, 4) is 0 Å². The van der Waals surface area contributed by atoms with E-state index in [4.69, 9.17) is 37.0 Å². The second kappa shape index (κ2) is 67.1. The Kier molecular flexibility index (Phi) is 65.3. The molecule has 0 rings (SSSR count). The maximum Gasteiger partial charge on any atom is 0.472 e. The van der Waals surface area contributed by atoms with Gasteiger partial charge in [-0.3, -0.25) is 37.3 Å². The molecular formula is C73H138O17P2. The molecule has 0 saturated heterocycles. The molecule has 0 aliphatic rings. The molecule has 0 aromatic carbocycles. The fourth-order valence-corrected chi connectivity index (χ4v) is 12.2. The van der Waals surface area contributed by atoms with Gasteiger partial charge in [0.2, 0.25) is 0 Å². The quantitative estimate of drug-likeness (QED) is 0.0169. The molecule has 0 bridgehead atoms. The van der Waals surface area contributed by atoms with Crippen LogP contribution in [0.3, 0.4) is 0 Å². The van der Waals surface area contributed by atoms with E-state index in [1.807, 2.05) is 0 Å². The van der Waals surface area contributed by atoms with Crippen LogP contribution in [0, 0.1) is 0 Å². The summed E-state index contributed by atoms with van der Waals surface area (Å²) in [6.45, 7) is 4.90. The van der Waals surface area contributed by atoms with Gasteiger partial charge in [0.15, 0.2) is 12.2 Å². The summed E-state index contributed by atoms with van der Waals surface area (Å²) in [7, 11) is -9.92. The lowest BCUT2D eigenvalue weighted by Gasteiger charge is -2.21. The first-order valence-corrected chi connectivity index (χ1v) is 40.6. The zero-order valence-corrected chi connectivity index (χ0v) is 60.8. The van der Waals surface area contributed by atoms with E-state index in [1.165, 1.54) is 154 Å². The molecule has 3 N–H and O–H groups in total.